The Morgan fingerprint density at radius 2 is 1.94 bits per heavy atom. The van der Waals surface area contributed by atoms with E-state index in [-0.39, 0.29) is 11.9 Å². The molecule has 0 aliphatic rings. The van der Waals surface area contributed by atoms with Crippen LogP contribution in [0.3, 0.4) is 0 Å². The van der Waals surface area contributed by atoms with Crippen LogP contribution in [0.25, 0.3) is 0 Å². The SMILES string of the molecule is CCOC(=O)C(C)(c1ccccc1C)C(C)C. The van der Waals surface area contributed by atoms with Crippen molar-refractivity contribution >= 4 is 5.97 Å². The van der Waals surface area contributed by atoms with Gasteiger partial charge in [0.2, 0.25) is 0 Å². The van der Waals surface area contributed by atoms with Gasteiger partial charge in [-0.15, -0.1) is 0 Å². The lowest BCUT2D eigenvalue weighted by molar-refractivity contribution is -0.151. The maximum absolute atomic E-state index is 12.2. The normalized spacial score (nSPS) is 14.5. The van der Waals surface area contributed by atoms with E-state index in [1.165, 1.54) is 0 Å². The van der Waals surface area contributed by atoms with Crippen molar-refractivity contribution < 1.29 is 9.53 Å². The highest BCUT2D eigenvalue weighted by atomic mass is 16.5. The molecule has 0 radical (unpaired) electrons. The molecular formula is C15H22O2. The minimum absolute atomic E-state index is 0.135. The molecule has 2 nitrogen and oxygen atoms in total. The average Bonchev–Trinajstić information content (AvgIpc) is 2.28. The van der Waals surface area contributed by atoms with E-state index in [1.807, 2.05) is 45.0 Å². The van der Waals surface area contributed by atoms with Crippen molar-refractivity contribution in [1.82, 2.24) is 0 Å². The second-order valence-electron chi connectivity index (χ2n) is 4.89. The zero-order chi connectivity index (χ0) is 13.1. The van der Waals surface area contributed by atoms with Gasteiger partial charge in [-0.1, -0.05) is 38.1 Å². The van der Waals surface area contributed by atoms with Crippen LogP contribution in [0.5, 0.6) is 0 Å². The molecule has 0 fully saturated rings. The average molecular weight is 234 g/mol. The summed E-state index contributed by atoms with van der Waals surface area (Å²) in [7, 11) is 0. The van der Waals surface area contributed by atoms with Gasteiger partial charge in [-0.05, 0) is 37.8 Å². The Hall–Kier alpha value is -1.31. The van der Waals surface area contributed by atoms with Crippen molar-refractivity contribution in [2.75, 3.05) is 6.61 Å². The molecule has 1 rings (SSSR count). The second-order valence-corrected chi connectivity index (χ2v) is 4.89. The molecule has 1 atom stereocenters. The maximum Gasteiger partial charge on any atom is 0.316 e. The quantitative estimate of drug-likeness (QED) is 0.746. The van der Waals surface area contributed by atoms with Crippen molar-refractivity contribution in [1.29, 1.82) is 0 Å². The van der Waals surface area contributed by atoms with Gasteiger partial charge in [-0.3, -0.25) is 4.79 Å². The number of rotatable bonds is 4. The third-order valence-electron chi connectivity index (χ3n) is 3.56. The van der Waals surface area contributed by atoms with Crippen LogP contribution in [0, 0.1) is 12.8 Å². The molecule has 0 heterocycles. The van der Waals surface area contributed by atoms with Crippen LogP contribution in [-0.2, 0) is 14.9 Å². The van der Waals surface area contributed by atoms with E-state index in [9.17, 15) is 4.79 Å². The highest BCUT2D eigenvalue weighted by molar-refractivity contribution is 5.83. The first-order chi connectivity index (χ1) is 7.94. The first kappa shape index (κ1) is 13.8. The fourth-order valence-corrected chi connectivity index (χ4v) is 2.09. The molecule has 0 aliphatic heterocycles. The fraction of sp³-hybridized carbons (Fsp3) is 0.533. The van der Waals surface area contributed by atoms with Crippen LogP contribution in [0.2, 0.25) is 0 Å². The lowest BCUT2D eigenvalue weighted by Crippen LogP contribution is -2.40. The lowest BCUT2D eigenvalue weighted by atomic mass is 9.72. The molecule has 17 heavy (non-hydrogen) atoms. The van der Waals surface area contributed by atoms with Gasteiger partial charge in [0.05, 0.1) is 12.0 Å². The standard InChI is InChI=1S/C15H22O2/c1-6-17-14(16)15(5,11(2)3)13-10-8-7-9-12(13)4/h7-11H,6H2,1-5H3. The second kappa shape index (κ2) is 5.35. The van der Waals surface area contributed by atoms with E-state index in [1.54, 1.807) is 0 Å². The van der Waals surface area contributed by atoms with Crippen LogP contribution in [0.15, 0.2) is 24.3 Å². The summed E-state index contributed by atoms with van der Waals surface area (Å²) < 4.78 is 5.24. The zero-order valence-electron chi connectivity index (χ0n) is 11.4. The van der Waals surface area contributed by atoms with Crippen LogP contribution in [-0.4, -0.2) is 12.6 Å². The number of hydrogen-bond acceptors (Lipinski definition) is 2. The molecule has 94 valence electrons. The Morgan fingerprint density at radius 3 is 2.41 bits per heavy atom. The summed E-state index contributed by atoms with van der Waals surface area (Å²) in [5.74, 6) is 0.0620. The first-order valence-electron chi connectivity index (χ1n) is 6.17. The third kappa shape index (κ3) is 2.51. The Bertz CT molecular complexity index is 396. The summed E-state index contributed by atoms with van der Waals surface area (Å²) in [4.78, 5) is 12.2. The molecule has 0 bridgehead atoms. The molecule has 0 saturated carbocycles. The van der Waals surface area contributed by atoms with Crippen molar-refractivity contribution in [3.05, 3.63) is 35.4 Å². The van der Waals surface area contributed by atoms with E-state index in [2.05, 4.69) is 13.8 Å². The molecule has 0 N–H and O–H groups in total. The third-order valence-corrected chi connectivity index (χ3v) is 3.56. The minimum Gasteiger partial charge on any atom is -0.465 e. The van der Waals surface area contributed by atoms with E-state index in [4.69, 9.17) is 4.74 Å². The van der Waals surface area contributed by atoms with Crippen molar-refractivity contribution in [2.45, 2.75) is 40.0 Å². The molecule has 1 aromatic carbocycles. The van der Waals surface area contributed by atoms with Gasteiger partial charge in [0, 0.05) is 0 Å². The topological polar surface area (TPSA) is 26.3 Å². The molecule has 0 saturated heterocycles. The van der Waals surface area contributed by atoms with Gasteiger partial charge < -0.3 is 4.74 Å². The Morgan fingerprint density at radius 1 is 1.35 bits per heavy atom. The van der Waals surface area contributed by atoms with E-state index < -0.39 is 5.41 Å². The number of aryl methyl sites for hydroxylation is 1. The Kier molecular flexibility index (Phi) is 4.33. The lowest BCUT2D eigenvalue weighted by Gasteiger charge is -2.33. The zero-order valence-corrected chi connectivity index (χ0v) is 11.4. The molecule has 0 spiro atoms. The molecule has 0 amide bonds. The van der Waals surface area contributed by atoms with Crippen LogP contribution < -0.4 is 0 Å². The summed E-state index contributed by atoms with van der Waals surface area (Å²) in [5, 5.41) is 0. The van der Waals surface area contributed by atoms with E-state index in [0.29, 0.717) is 6.61 Å². The van der Waals surface area contributed by atoms with Gasteiger partial charge in [-0.25, -0.2) is 0 Å². The van der Waals surface area contributed by atoms with Crippen molar-refractivity contribution in [3.8, 4) is 0 Å². The summed E-state index contributed by atoms with van der Waals surface area (Å²) in [6, 6.07) is 8.02. The summed E-state index contributed by atoms with van der Waals surface area (Å²) in [5.41, 5.74) is 1.63. The van der Waals surface area contributed by atoms with Gasteiger partial charge in [0.1, 0.15) is 0 Å². The van der Waals surface area contributed by atoms with Gasteiger partial charge in [0.15, 0.2) is 0 Å². The van der Waals surface area contributed by atoms with Gasteiger partial charge in [0.25, 0.3) is 0 Å². The fourth-order valence-electron chi connectivity index (χ4n) is 2.09. The number of carbonyl (C=O) groups excluding carboxylic acids is 1. The summed E-state index contributed by atoms with van der Waals surface area (Å²) in [6.45, 7) is 10.4. The Labute approximate surface area is 104 Å². The summed E-state index contributed by atoms with van der Waals surface area (Å²) >= 11 is 0. The highest BCUT2D eigenvalue weighted by Crippen LogP contribution is 2.35. The number of hydrogen-bond donors (Lipinski definition) is 0. The van der Waals surface area contributed by atoms with E-state index >= 15 is 0 Å². The molecule has 1 aromatic rings. The number of carbonyl (C=O) groups is 1. The predicted octanol–water partition coefficient (Wildman–Crippen LogP) is 3.47. The number of benzene rings is 1. The van der Waals surface area contributed by atoms with Crippen molar-refractivity contribution in [3.63, 3.8) is 0 Å². The monoisotopic (exact) mass is 234 g/mol. The molecular weight excluding hydrogens is 212 g/mol. The van der Waals surface area contributed by atoms with E-state index in [0.717, 1.165) is 11.1 Å². The molecule has 2 heteroatoms. The van der Waals surface area contributed by atoms with Crippen LogP contribution in [0.1, 0.15) is 38.8 Å². The van der Waals surface area contributed by atoms with Gasteiger partial charge >= 0.3 is 5.97 Å². The van der Waals surface area contributed by atoms with Gasteiger partial charge in [-0.2, -0.15) is 0 Å². The molecule has 0 aromatic heterocycles. The Balaban J connectivity index is 3.26. The number of esters is 1. The molecule has 1 unspecified atom stereocenters. The summed E-state index contributed by atoms with van der Waals surface area (Å²) in [6.07, 6.45) is 0. The van der Waals surface area contributed by atoms with Crippen LogP contribution >= 0.6 is 0 Å². The van der Waals surface area contributed by atoms with Crippen LogP contribution in [0.4, 0.5) is 0 Å². The highest BCUT2D eigenvalue weighted by Gasteiger charge is 2.40. The molecule has 0 aliphatic carbocycles. The largest absolute Gasteiger partial charge is 0.465 e. The predicted molar refractivity (Wildman–Crippen MR) is 70.0 cm³/mol. The first-order valence-corrected chi connectivity index (χ1v) is 6.17. The van der Waals surface area contributed by atoms with Crippen molar-refractivity contribution in [2.24, 2.45) is 5.92 Å². The number of ether oxygens (including phenoxy) is 1. The smallest absolute Gasteiger partial charge is 0.316 e. The minimum atomic E-state index is -0.568. The maximum atomic E-state index is 12.2.